The van der Waals surface area contributed by atoms with E-state index in [0.717, 1.165) is 5.69 Å². The van der Waals surface area contributed by atoms with Crippen molar-refractivity contribution in [3.63, 3.8) is 0 Å². The lowest BCUT2D eigenvalue weighted by Crippen LogP contribution is -1.89. The summed E-state index contributed by atoms with van der Waals surface area (Å²) in [6.45, 7) is 1.82. The third-order valence-electron chi connectivity index (χ3n) is 2.08. The number of nitrogens with zero attached hydrogens (tertiary/aromatic N) is 2. The lowest BCUT2D eigenvalue weighted by Gasteiger charge is -2.04. The Balaban J connectivity index is 2.98. The second-order valence-electron chi connectivity index (χ2n) is 3.21. The number of hydrogen-bond acceptors (Lipinski definition) is 2. The zero-order chi connectivity index (χ0) is 11.0. The van der Waals surface area contributed by atoms with Crippen LogP contribution in [0.3, 0.4) is 0 Å². The second kappa shape index (κ2) is 3.69. The highest BCUT2D eigenvalue weighted by atomic mass is 35.5. The van der Waals surface area contributed by atoms with Gasteiger partial charge >= 0.3 is 0 Å². The van der Waals surface area contributed by atoms with Crippen LogP contribution in [-0.4, -0.2) is 4.98 Å². The fourth-order valence-electron chi connectivity index (χ4n) is 1.47. The third-order valence-corrected chi connectivity index (χ3v) is 2.59. The van der Waals surface area contributed by atoms with Crippen LogP contribution in [-0.2, 0) is 0 Å². The van der Waals surface area contributed by atoms with Gasteiger partial charge < -0.3 is 0 Å². The number of benzene rings is 1. The smallest absolute Gasteiger partial charge is 0.0999 e. The van der Waals surface area contributed by atoms with E-state index in [-0.39, 0.29) is 0 Å². The van der Waals surface area contributed by atoms with Crippen LogP contribution >= 0.6 is 23.2 Å². The van der Waals surface area contributed by atoms with Gasteiger partial charge in [0.15, 0.2) is 0 Å². The van der Waals surface area contributed by atoms with Crippen LogP contribution in [0.25, 0.3) is 10.9 Å². The molecule has 0 aliphatic heterocycles. The maximum atomic E-state index is 8.98. The number of hydrogen-bond donors (Lipinski definition) is 0. The summed E-state index contributed by atoms with van der Waals surface area (Å²) in [7, 11) is 0. The molecule has 0 aliphatic rings. The molecule has 2 rings (SSSR count). The Morgan fingerprint density at radius 1 is 1.27 bits per heavy atom. The first-order valence-electron chi connectivity index (χ1n) is 4.28. The monoisotopic (exact) mass is 236 g/mol. The van der Waals surface area contributed by atoms with E-state index >= 15 is 0 Å². The first kappa shape index (κ1) is 10.2. The summed E-state index contributed by atoms with van der Waals surface area (Å²) < 4.78 is 0. The minimum absolute atomic E-state index is 0.470. The summed E-state index contributed by atoms with van der Waals surface area (Å²) in [4.78, 5) is 4.28. The Labute approximate surface area is 97.1 Å². The van der Waals surface area contributed by atoms with Crippen molar-refractivity contribution in [1.82, 2.24) is 4.98 Å². The van der Waals surface area contributed by atoms with E-state index in [1.54, 1.807) is 18.2 Å². The topological polar surface area (TPSA) is 36.7 Å². The maximum Gasteiger partial charge on any atom is 0.0999 e. The predicted octanol–water partition coefficient (Wildman–Crippen LogP) is 3.72. The molecule has 0 saturated carbocycles. The first-order chi connectivity index (χ1) is 7.11. The fourth-order valence-corrected chi connectivity index (χ4v) is 2.01. The van der Waals surface area contributed by atoms with Crippen molar-refractivity contribution in [3.8, 4) is 6.07 Å². The number of halogens is 2. The quantitative estimate of drug-likeness (QED) is 0.700. The molecule has 2 nitrogen and oxygen atoms in total. The molecule has 0 unspecified atom stereocenters. The lowest BCUT2D eigenvalue weighted by atomic mass is 10.1. The molecule has 1 heterocycles. The van der Waals surface area contributed by atoms with Gasteiger partial charge in [0.25, 0.3) is 0 Å². The number of fused-ring (bicyclic) bond motifs is 1. The van der Waals surface area contributed by atoms with E-state index in [2.05, 4.69) is 11.1 Å². The molecule has 0 spiro atoms. The molecule has 0 fully saturated rings. The number of pyridine rings is 1. The molecule has 0 saturated heterocycles. The van der Waals surface area contributed by atoms with Gasteiger partial charge in [0.1, 0.15) is 0 Å². The minimum Gasteiger partial charge on any atom is -0.251 e. The maximum absolute atomic E-state index is 8.98. The fraction of sp³-hybridized carbons (Fsp3) is 0.0909. The van der Waals surface area contributed by atoms with Gasteiger partial charge in [0, 0.05) is 16.1 Å². The molecular weight excluding hydrogens is 231 g/mol. The van der Waals surface area contributed by atoms with Gasteiger partial charge in [-0.1, -0.05) is 23.2 Å². The van der Waals surface area contributed by atoms with Gasteiger partial charge in [-0.15, -0.1) is 0 Å². The molecule has 0 radical (unpaired) electrons. The lowest BCUT2D eigenvalue weighted by molar-refractivity contribution is 1.25. The molecule has 0 atom stereocenters. The zero-order valence-electron chi connectivity index (χ0n) is 7.88. The Bertz CT molecular complexity index is 585. The standard InChI is InChI=1S/C11H6Cl2N2/c1-6-2-7(5-14)9-3-8(12)4-10(13)11(9)15-6/h2-4H,1H3. The Kier molecular flexibility index (Phi) is 2.52. The average molecular weight is 237 g/mol. The van der Waals surface area contributed by atoms with Crippen molar-refractivity contribution in [2.45, 2.75) is 6.92 Å². The molecule has 0 bridgehead atoms. The molecule has 0 N–H and O–H groups in total. The van der Waals surface area contributed by atoms with Gasteiger partial charge in [-0.05, 0) is 25.1 Å². The van der Waals surface area contributed by atoms with Crippen LogP contribution in [0.5, 0.6) is 0 Å². The van der Waals surface area contributed by atoms with Crippen LogP contribution in [0, 0.1) is 18.3 Å². The summed E-state index contributed by atoms with van der Waals surface area (Å²) in [6, 6.07) is 7.15. The highest BCUT2D eigenvalue weighted by molar-refractivity contribution is 6.38. The Morgan fingerprint density at radius 3 is 2.67 bits per heavy atom. The van der Waals surface area contributed by atoms with Crippen molar-refractivity contribution in [2.75, 3.05) is 0 Å². The molecule has 1 aromatic carbocycles. The van der Waals surface area contributed by atoms with E-state index < -0.39 is 0 Å². The van der Waals surface area contributed by atoms with Crippen LogP contribution in [0.2, 0.25) is 10.0 Å². The average Bonchev–Trinajstić information content (AvgIpc) is 2.18. The van der Waals surface area contributed by atoms with E-state index in [1.165, 1.54) is 0 Å². The van der Waals surface area contributed by atoms with E-state index in [4.69, 9.17) is 28.5 Å². The van der Waals surface area contributed by atoms with Gasteiger partial charge in [0.2, 0.25) is 0 Å². The molecule has 2 aromatic rings. The highest BCUT2D eigenvalue weighted by Crippen LogP contribution is 2.28. The molecule has 4 heteroatoms. The summed E-state index contributed by atoms with van der Waals surface area (Å²) >= 11 is 11.9. The van der Waals surface area contributed by atoms with Crippen LogP contribution in [0.4, 0.5) is 0 Å². The number of rotatable bonds is 0. The Hall–Kier alpha value is -1.30. The van der Waals surface area contributed by atoms with Gasteiger partial charge in [-0.25, -0.2) is 0 Å². The molecular formula is C11H6Cl2N2. The van der Waals surface area contributed by atoms with Gasteiger partial charge in [0.05, 0.1) is 22.2 Å². The SMILES string of the molecule is Cc1cc(C#N)c2cc(Cl)cc(Cl)c2n1. The van der Waals surface area contributed by atoms with Crippen LogP contribution in [0.15, 0.2) is 18.2 Å². The van der Waals surface area contributed by atoms with Crippen molar-refractivity contribution < 1.29 is 0 Å². The van der Waals surface area contributed by atoms with E-state index in [0.29, 0.717) is 26.5 Å². The molecule has 1 aromatic heterocycles. The van der Waals surface area contributed by atoms with E-state index in [9.17, 15) is 0 Å². The van der Waals surface area contributed by atoms with Crippen LogP contribution in [0.1, 0.15) is 11.3 Å². The minimum atomic E-state index is 0.470. The predicted molar refractivity (Wildman–Crippen MR) is 61.2 cm³/mol. The number of aromatic nitrogens is 1. The van der Waals surface area contributed by atoms with Crippen LogP contribution < -0.4 is 0 Å². The molecule has 74 valence electrons. The van der Waals surface area contributed by atoms with Crippen molar-refractivity contribution >= 4 is 34.1 Å². The van der Waals surface area contributed by atoms with E-state index in [1.807, 2.05) is 6.92 Å². The number of aryl methyl sites for hydroxylation is 1. The Morgan fingerprint density at radius 2 is 2.00 bits per heavy atom. The first-order valence-corrected chi connectivity index (χ1v) is 5.04. The molecule has 15 heavy (non-hydrogen) atoms. The summed E-state index contributed by atoms with van der Waals surface area (Å²) in [6.07, 6.45) is 0. The van der Waals surface area contributed by atoms with Gasteiger partial charge in [-0.2, -0.15) is 5.26 Å². The third kappa shape index (κ3) is 1.77. The zero-order valence-corrected chi connectivity index (χ0v) is 9.39. The number of nitriles is 1. The molecule has 0 amide bonds. The van der Waals surface area contributed by atoms with Crippen molar-refractivity contribution in [3.05, 3.63) is 39.5 Å². The normalized spacial score (nSPS) is 10.3. The van der Waals surface area contributed by atoms with Gasteiger partial charge in [-0.3, -0.25) is 4.98 Å². The summed E-state index contributed by atoms with van der Waals surface area (Å²) in [5.41, 5.74) is 1.93. The van der Waals surface area contributed by atoms with Crippen molar-refractivity contribution in [2.24, 2.45) is 0 Å². The summed E-state index contributed by atoms with van der Waals surface area (Å²) in [5.74, 6) is 0. The summed E-state index contributed by atoms with van der Waals surface area (Å²) in [5, 5.41) is 10.7. The second-order valence-corrected chi connectivity index (χ2v) is 4.05. The molecule has 0 aliphatic carbocycles. The largest absolute Gasteiger partial charge is 0.251 e. The highest BCUT2D eigenvalue weighted by Gasteiger charge is 2.08. The van der Waals surface area contributed by atoms with Crippen molar-refractivity contribution in [1.29, 1.82) is 5.26 Å².